The van der Waals surface area contributed by atoms with Crippen molar-refractivity contribution < 1.29 is 19.4 Å². The maximum absolute atomic E-state index is 10.9. The lowest BCUT2D eigenvalue weighted by atomic mass is 9.93. The van der Waals surface area contributed by atoms with E-state index in [0.717, 1.165) is 29.0 Å². The molecule has 0 aliphatic carbocycles. The van der Waals surface area contributed by atoms with E-state index >= 15 is 0 Å². The Morgan fingerprint density at radius 2 is 2.12 bits per heavy atom. The summed E-state index contributed by atoms with van der Waals surface area (Å²) in [6, 6.07) is 13.8. The van der Waals surface area contributed by atoms with Crippen molar-refractivity contribution in [3.63, 3.8) is 0 Å². The van der Waals surface area contributed by atoms with Gasteiger partial charge in [-0.3, -0.25) is 9.69 Å². The van der Waals surface area contributed by atoms with Crippen LogP contribution in [0.3, 0.4) is 0 Å². The average molecular weight is 374 g/mol. The number of hydrogen-bond donors (Lipinski definition) is 1. The fourth-order valence-corrected chi connectivity index (χ4v) is 3.63. The van der Waals surface area contributed by atoms with Crippen LogP contribution in [0.5, 0.6) is 11.5 Å². The SMILES string of the molecule is O=C(O)C1CN(C2COc3cc(OCc4cccc(Cl)c4)ccc3C2)C1. The van der Waals surface area contributed by atoms with Gasteiger partial charge in [0.25, 0.3) is 0 Å². The minimum Gasteiger partial charge on any atom is -0.492 e. The predicted molar refractivity (Wildman–Crippen MR) is 97.9 cm³/mol. The van der Waals surface area contributed by atoms with E-state index in [1.807, 2.05) is 42.5 Å². The molecule has 0 amide bonds. The molecule has 1 fully saturated rings. The number of aliphatic carboxylic acids is 1. The minimum absolute atomic E-state index is 0.237. The van der Waals surface area contributed by atoms with Crippen LogP contribution in [0, 0.1) is 5.92 Å². The third-order valence-corrected chi connectivity index (χ3v) is 5.23. The van der Waals surface area contributed by atoms with Gasteiger partial charge in [0.15, 0.2) is 0 Å². The van der Waals surface area contributed by atoms with Gasteiger partial charge in [-0.05, 0) is 35.7 Å². The molecule has 1 N–H and O–H groups in total. The number of carboxylic acid groups (broad SMARTS) is 1. The third-order valence-electron chi connectivity index (χ3n) is 5.00. The van der Waals surface area contributed by atoms with Crippen LogP contribution in [-0.4, -0.2) is 41.7 Å². The first-order valence-electron chi connectivity index (χ1n) is 8.68. The smallest absolute Gasteiger partial charge is 0.309 e. The number of rotatable bonds is 5. The maximum atomic E-state index is 10.9. The number of benzene rings is 2. The first-order valence-corrected chi connectivity index (χ1v) is 9.06. The van der Waals surface area contributed by atoms with E-state index in [4.69, 9.17) is 26.2 Å². The number of carbonyl (C=O) groups is 1. The molecule has 6 heteroatoms. The van der Waals surface area contributed by atoms with Gasteiger partial charge in [-0.15, -0.1) is 0 Å². The van der Waals surface area contributed by atoms with E-state index in [9.17, 15) is 4.79 Å². The molecule has 2 aliphatic rings. The Kier molecular flexibility index (Phi) is 4.74. The van der Waals surface area contributed by atoms with E-state index in [1.165, 1.54) is 0 Å². The van der Waals surface area contributed by atoms with E-state index in [1.54, 1.807) is 0 Å². The second-order valence-electron chi connectivity index (χ2n) is 6.85. The largest absolute Gasteiger partial charge is 0.492 e. The molecule has 2 aromatic rings. The molecular weight excluding hydrogens is 354 g/mol. The molecule has 0 aromatic heterocycles. The summed E-state index contributed by atoms with van der Waals surface area (Å²) in [5, 5.41) is 9.70. The third kappa shape index (κ3) is 3.64. The topological polar surface area (TPSA) is 59.0 Å². The molecule has 4 rings (SSSR count). The first-order chi connectivity index (χ1) is 12.6. The fourth-order valence-electron chi connectivity index (χ4n) is 3.42. The molecule has 136 valence electrons. The Morgan fingerprint density at radius 1 is 1.27 bits per heavy atom. The summed E-state index contributed by atoms with van der Waals surface area (Å²) >= 11 is 5.99. The van der Waals surface area contributed by atoms with Gasteiger partial charge in [-0.2, -0.15) is 0 Å². The second kappa shape index (κ2) is 7.17. The van der Waals surface area contributed by atoms with E-state index in [2.05, 4.69) is 4.90 Å². The summed E-state index contributed by atoms with van der Waals surface area (Å²) in [4.78, 5) is 13.1. The Morgan fingerprint density at radius 3 is 2.88 bits per heavy atom. The summed E-state index contributed by atoms with van der Waals surface area (Å²) in [6.45, 7) is 2.25. The number of carboxylic acids is 1. The molecule has 5 nitrogen and oxygen atoms in total. The number of hydrogen-bond acceptors (Lipinski definition) is 4. The molecule has 0 spiro atoms. The van der Waals surface area contributed by atoms with Crippen molar-refractivity contribution in [1.29, 1.82) is 0 Å². The normalized spacial score (nSPS) is 20.0. The molecule has 2 heterocycles. The Balaban J connectivity index is 1.36. The summed E-state index contributed by atoms with van der Waals surface area (Å²) in [6.07, 6.45) is 0.871. The van der Waals surface area contributed by atoms with Crippen LogP contribution in [0.25, 0.3) is 0 Å². The lowest BCUT2D eigenvalue weighted by Gasteiger charge is -2.43. The van der Waals surface area contributed by atoms with Crippen molar-refractivity contribution >= 4 is 17.6 Å². The van der Waals surface area contributed by atoms with Gasteiger partial charge in [-0.1, -0.05) is 29.8 Å². The highest BCUT2D eigenvalue weighted by molar-refractivity contribution is 6.30. The van der Waals surface area contributed by atoms with Crippen LogP contribution in [0.2, 0.25) is 5.02 Å². The van der Waals surface area contributed by atoms with Gasteiger partial charge in [0.1, 0.15) is 24.7 Å². The molecular formula is C20H20ClNO4. The van der Waals surface area contributed by atoms with E-state index in [0.29, 0.717) is 31.3 Å². The van der Waals surface area contributed by atoms with Crippen molar-refractivity contribution in [3.05, 3.63) is 58.6 Å². The quantitative estimate of drug-likeness (QED) is 0.871. The zero-order valence-electron chi connectivity index (χ0n) is 14.2. The zero-order chi connectivity index (χ0) is 18.1. The highest BCUT2D eigenvalue weighted by Gasteiger charge is 2.38. The van der Waals surface area contributed by atoms with Crippen molar-refractivity contribution in [3.8, 4) is 11.5 Å². The fraction of sp³-hybridized carbons (Fsp3) is 0.350. The lowest BCUT2D eigenvalue weighted by molar-refractivity contribution is -0.149. The highest BCUT2D eigenvalue weighted by Crippen LogP contribution is 2.32. The van der Waals surface area contributed by atoms with Gasteiger partial charge in [0.2, 0.25) is 0 Å². The summed E-state index contributed by atoms with van der Waals surface area (Å²) in [7, 11) is 0. The molecule has 0 bridgehead atoms. The number of nitrogens with zero attached hydrogens (tertiary/aromatic N) is 1. The van der Waals surface area contributed by atoms with E-state index in [-0.39, 0.29) is 12.0 Å². The Hall–Kier alpha value is -2.24. The number of ether oxygens (including phenoxy) is 2. The summed E-state index contributed by atoms with van der Waals surface area (Å²) in [5.41, 5.74) is 2.15. The number of halogens is 1. The molecule has 1 saturated heterocycles. The molecule has 2 aliphatic heterocycles. The standard InChI is InChI=1S/C20H20ClNO4/c21-16-3-1-2-13(6-16)11-25-18-5-4-14-7-17(12-26-19(14)8-18)22-9-15(10-22)20(23)24/h1-6,8,15,17H,7,9-12H2,(H,23,24). The van der Waals surface area contributed by atoms with Crippen molar-refractivity contribution in [2.75, 3.05) is 19.7 Å². The maximum Gasteiger partial charge on any atom is 0.309 e. The average Bonchev–Trinajstić information content (AvgIpc) is 2.58. The lowest BCUT2D eigenvalue weighted by Crippen LogP contribution is -2.57. The zero-order valence-corrected chi connectivity index (χ0v) is 15.0. The predicted octanol–water partition coefficient (Wildman–Crippen LogP) is 3.24. The number of likely N-dealkylation sites (tertiary alicyclic amines) is 1. The van der Waals surface area contributed by atoms with Gasteiger partial charge < -0.3 is 14.6 Å². The van der Waals surface area contributed by atoms with Crippen LogP contribution in [0.15, 0.2) is 42.5 Å². The minimum atomic E-state index is -0.708. The van der Waals surface area contributed by atoms with Crippen LogP contribution in [0.1, 0.15) is 11.1 Å². The highest BCUT2D eigenvalue weighted by atomic mass is 35.5. The van der Waals surface area contributed by atoms with Crippen LogP contribution >= 0.6 is 11.6 Å². The second-order valence-corrected chi connectivity index (χ2v) is 7.28. The van der Waals surface area contributed by atoms with Gasteiger partial charge >= 0.3 is 5.97 Å². The van der Waals surface area contributed by atoms with Crippen LogP contribution in [-0.2, 0) is 17.8 Å². The van der Waals surface area contributed by atoms with Gasteiger partial charge in [0, 0.05) is 30.2 Å². The van der Waals surface area contributed by atoms with Crippen LogP contribution < -0.4 is 9.47 Å². The van der Waals surface area contributed by atoms with Crippen LogP contribution in [0.4, 0.5) is 0 Å². The van der Waals surface area contributed by atoms with Crippen molar-refractivity contribution in [2.45, 2.75) is 19.1 Å². The Labute approximate surface area is 157 Å². The molecule has 2 aromatic carbocycles. The number of fused-ring (bicyclic) bond motifs is 1. The molecule has 1 unspecified atom stereocenters. The Bertz CT molecular complexity index is 819. The first kappa shape index (κ1) is 17.2. The molecule has 0 radical (unpaired) electrons. The van der Waals surface area contributed by atoms with Crippen molar-refractivity contribution in [1.82, 2.24) is 4.90 Å². The molecule has 0 saturated carbocycles. The van der Waals surface area contributed by atoms with E-state index < -0.39 is 5.97 Å². The monoisotopic (exact) mass is 373 g/mol. The van der Waals surface area contributed by atoms with Gasteiger partial charge in [-0.25, -0.2) is 0 Å². The van der Waals surface area contributed by atoms with Gasteiger partial charge in [0.05, 0.1) is 5.92 Å². The molecule has 26 heavy (non-hydrogen) atoms. The summed E-state index contributed by atoms with van der Waals surface area (Å²) in [5.74, 6) is 0.663. The van der Waals surface area contributed by atoms with Crippen molar-refractivity contribution in [2.24, 2.45) is 5.92 Å². The molecule has 1 atom stereocenters. The summed E-state index contributed by atoms with van der Waals surface area (Å²) < 4.78 is 11.8.